The van der Waals surface area contributed by atoms with Gasteiger partial charge in [-0.25, -0.2) is 0 Å². The third kappa shape index (κ3) is 4.31. The maximum absolute atomic E-state index is 6.05. The highest BCUT2D eigenvalue weighted by atomic mass is 16.5. The van der Waals surface area contributed by atoms with E-state index in [1.165, 1.54) is 11.3 Å². The van der Waals surface area contributed by atoms with Gasteiger partial charge in [0, 0.05) is 31.9 Å². The second-order valence-corrected chi connectivity index (χ2v) is 5.18. The molecular formula is C15H26N2O. The molecule has 1 aromatic carbocycles. The van der Waals surface area contributed by atoms with E-state index in [9.17, 15) is 0 Å². The summed E-state index contributed by atoms with van der Waals surface area (Å²) in [6.45, 7) is 9.15. The third-order valence-corrected chi connectivity index (χ3v) is 2.92. The molecule has 0 aliphatic heterocycles. The Kier molecular flexibility index (Phi) is 6.16. The zero-order valence-electron chi connectivity index (χ0n) is 12.0. The highest BCUT2D eigenvalue weighted by Gasteiger charge is 2.14. The van der Waals surface area contributed by atoms with Crippen molar-refractivity contribution in [2.75, 3.05) is 31.7 Å². The van der Waals surface area contributed by atoms with Crippen LogP contribution < -0.4 is 10.6 Å². The number of benzene rings is 1. The molecule has 0 unspecified atom stereocenters. The summed E-state index contributed by atoms with van der Waals surface area (Å²) < 4.78 is 5.20. The first-order chi connectivity index (χ1) is 8.56. The Bertz CT molecular complexity index is 350. The van der Waals surface area contributed by atoms with Gasteiger partial charge < -0.3 is 15.4 Å². The van der Waals surface area contributed by atoms with E-state index in [2.05, 4.69) is 36.9 Å². The molecule has 0 amide bonds. The van der Waals surface area contributed by atoms with Crippen molar-refractivity contribution < 1.29 is 4.74 Å². The van der Waals surface area contributed by atoms with Gasteiger partial charge in [0.2, 0.25) is 0 Å². The van der Waals surface area contributed by atoms with Crippen LogP contribution in [0.2, 0.25) is 0 Å². The average Bonchev–Trinajstić information content (AvgIpc) is 2.34. The van der Waals surface area contributed by atoms with Gasteiger partial charge in [0.1, 0.15) is 0 Å². The predicted molar refractivity (Wildman–Crippen MR) is 78.0 cm³/mol. The van der Waals surface area contributed by atoms with E-state index in [0.717, 1.165) is 19.7 Å². The lowest BCUT2D eigenvalue weighted by molar-refractivity contribution is 0.204. The quantitative estimate of drug-likeness (QED) is 0.808. The Hall–Kier alpha value is -1.06. The first-order valence-corrected chi connectivity index (χ1v) is 6.64. The van der Waals surface area contributed by atoms with Crippen molar-refractivity contribution in [2.24, 2.45) is 11.7 Å². The summed E-state index contributed by atoms with van der Waals surface area (Å²) in [5, 5.41) is 0. The monoisotopic (exact) mass is 250 g/mol. The Morgan fingerprint density at radius 1 is 1.22 bits per heavy atom. The highest BCUT2D eigenvalue weighted by Crippen LogP contribution is 2.25. The number of ether oxygens (including phenoxy) is 1. The van der Waals surface area contributed by atoms with Gasteiger partial charge in [0.15, 0.2) is 0 Å². The fourth-order valence-corrected chi connectivity index (χ4v) is 2.11. The van der Waals surface area contributed by atoms with Crippen molar-refractivity contribution >= 4 is 5.69 Å². The number of nitrogens with zero attached hydrogens (tertiary/aromatic N) is 1. The van der Waals surface area contributed by atoms with E-state index < -0.39 is 0 Å². The summed E-state index contributed by atoms with van der Waals surface area (Å²) in [6.07, 6.45) is 0. The number of nitrogens with two attached hydrogens (primary N) is 1. The van der Waals surface area contributed by atoms with Crippen LogP contribution in [0.1, 0.15) is 32.4 Å². The largest absolute Gasteiger partial charge is 0.383 e. The van der Waals surface area contributed by atoms with Gasteiger partial charge in [-0.15, -0.1) is 0 Å². The summed E-state index contributed by atoms with van der Waals surface area (Å²) in [4.78, 5) is 2.37. The maximum atomic E-state index is 6.05. The number of hydrogen-bond acceptors (Lipinski definition) is 3. The zero-order valence-corrected chi connectivity index (χ0v) is 12.0. The fourth-order valence-electron chi connectivity index (χ4n) is 2.11. The van der Waals surface area contributed by atoms with Crippen molar-refractivity contribution in [3.8, 4) is 0 Å². The van der Waals surface area contributed by atoms with Gasteiger partial charge in [-0.2, -0.15) is 0 Å². The Morgan fingerprint density at radius 2 is 1.89 bits per heavy atom. The third-order valence-electron chi connectivity index (χ3n) is 2.92. The molecule has 18 heavy (non-hydrogen) atoms. The van der Waals surface area contributed by atoms with E-state index in [4.69, 9.17) is 10.5 Å². The average molecular weight is 250 g/mol. The first-order valence-electron chi connectivity index (χ1n) is 6.64. The topological polar surface area (TPSA) is 38.5 Å². The van der Waals surface area contributed by atoms with Crippen molar-refractivity contribution in [1.29, 1.82) is 0 Å². The molecule has 0 aliphatic carbocycles. The van der Waals surface area contributed by atoms with Crippen molar-refractivity contribution in [3.05, 3.63) is 29.8 Å². The molecule has 1 atom stereocenters. The summed E-state index contributed by atoms with van der Waals surface area (Å²) in [5.74, 6) is 0.614. The second kappa shape index (κ2) is 7.39. The van der Waals surface area contributed by atoms with Crippen LogP contribution in [0, 0.1) is 5.92 Å². The molecular weight excluding hydrogens is 224 g/mol. The molecule has 0 bridgehead atoms. The van der Waals surface area contributed by atoms with Crippen LogP contribution in [0.4, 0.5) is 5.69 Å². The van der Waals surface area contributed by atoms with Gasteiger partial charge >= 0.3 is 0 Å². The number of para-hydroxylation sites is 1. The molecule has 3 heteroatoms. The Balaban J connectivity index is 2.95. The summed E-state index contributed by atoms with van der Waals surface area (Å²) in [7, 11) is 1.74. The summed E-state index contributed by atoms with van der Waals surface area (Å²) >= 11 is 0. The number of anilines is 1. The van der Waals surface area contributed by atoms with Crippen molar-refractivity contribution in [2.45, 2.75) is 26.8 Å². The van der Waals surface area contributed by atoms with Crippen LogP contribution in [-0.2, 0) is 4.74 Å². The molecule has 1 aromatic rings. The smallest absolute Gasteiger partial charge is 0.0637 e. The molecule has 0 radical (unpaired) electrons. The minimum absolute atomic E-state index is 0.0541. The Morgan fingerprint density at radius 3 is 2.44 bits per heavy atom. The van der Waals surface area contributed by atoms with Gasteiger partial charge in [-0.1, -0.05) is 32.0 Å². The molecule has 0 fully saturated rings. The van der Waals surface area contributed by atoms with Crippen LogP contribution in [0.25, 0.3) is 0 Å². The minimum atomic E-state index is 0.0541. The number of rotatable bonds is 7. The van der Waals surface area contributed by atoms with Crippen LogP contribution in [0.5, 0.6) is 0 Å². The molecule has 3 nitrogen and oxygen atoms in total. The van der Waals surface area contributed by atoms with Crippen LogP contribution in [0.15, 0.2) is 24.3 Å². The predicted octanol–water partition coefficient (Wildman–Crippen LogP) is 2.82. The van der Waals surface area contributed by atoms with Crippen LogP contribution in [0.3, 0.4) is 0 Å². The standard InChI is InChI=1S/C15H26N2O/c1-12(2)11-17(9-10-18-4)15-8-6-5-7-14(15)13(3)16/h5-8,12-13H,9-11,16H2,1-4H3/t13-/m1/s1. The van der Waals surface area contributed by atoms with E-state index in [1.54, 1.807) is 7.11 Å². The SMILES string of the molecule is COCCN(CC(C)C)c1ccccc1[C@@H](C)N. The lowest BCUT2D eigenvalue weighted by Gasteiger charge is -2.29. The molecule has 0 aromatic heterocycles. The van der Waals surface area contributed by atoms with E-state index in [0.29, 0.717) is 5.92 Å². The zero-order chi connectivity index (χ0) is 13.5. The van der Waals surface area contributed by atoms with Crippen LogP contribution in [-0.4, -0.2) is 26.8 Å². The minimum Gasteiger partial charge on any atom is -0.383 e. The molecule has 1 rings (SSSR count). The fraction of sp³-hybridized carbons (Fsp3) is 0.600. The van der Waals surface area contributed by atoms with Gasteiger partial charge in [0.25, 0.3) is 0 Å². The number of hydrogen-bond donors (Lipinski definition) is 1. The summed E-state index contributed by atoms with van der Waals surface area (Å²) in [5.41, 5.74) is 8.49. The lowest BCUT2D eigenvalue weighted by Crippen LogP contribution is -2.32. The van der Waals surface area contributed by atoms with Crippen LogP contribution >= 0.6 is 0 Å². The molecule has 0 saturated carbocycles. The summed E-state index contributed by atoms with van der Waals surface area (Å²) in [6, 6.07) is 8.43. The first kappa shape index (κ1) is 15.0. The van der Waals surface area contributed by atoms with Gasteiger partial charge in [-0.05, 0) is 24.5 Å². The highest BCUT2D eigenvalue weighted by molar-refractivity contribution is 5.54. The molecule has 0 aliphatic rings. The van der Waals surface area contributed by atoms with Crippen molar-refractivity contribution in [3.63, 3.8) is 0 Å². The normalized spacial score (nSPS) is 12.8. The number of methoxy groups -OCH3 is 1. The van der Waals surface area contributed by atoms with E-state index in [1.807, 2.05) is 13.0 Å². The van der Waals surface area contributed by atoms with Crippen molar-refractivity contribution in [1.82, 2.24) is 0 Å². The lowest BCUT2D eigenvalue weighted by atomic mass is 10.0. The van der Waals surface area contributed by atoms with E-state index >= 15 is 0 Å². The molecule has 0 heterocycles. The molecule has 2 N–H and O–H groups in total. The van der Waals surface area contributed by atoms with Gasteiger partial charge in [0.05, 0.1) is 6.61 Å². The second-order valence-electron chi connectivity index (χ2n) is 5.18. The Labute approximate surface area is 111 Å². The van der Waals surface area contributed by atoms with Gasteiger partial charge in [-0.3, -0.25) is 0 Å². The maximum Gasteiger partial charge on any atom is 0.0637 e. The molecule has 102 valence electrons. The van der Waals surface area contributed by atoms with E-state index in [-0.39, 0.29) is 6.04 Å². The molecule has 0 spiro atoms. The molecule has 0 saturated heterocycles.